The molecule has 146 valence electrons. The maximum atomic E-state index is 12.7. The van der Waals surface area contributed by atoms with E-state index in [1.807, 2.05) is 12.1 Å². The lowest BCUT2D eigenvalue weighted by atomic mass is 9.94. The second-order valence-corrected chi connectivity index (χ2v) is 10.2. The minimum Gasteiger partial charge on any atom is -0.299 e. The Bertz CT molecular complexity index is 677. The van der Waals surface area contributed by atoms with Crippen LogP contribution in [0.25, 0.3) is 0 Å². The highest BCUT2D eigenvalue weighted by atomic mass is 35.5. The molecule has 7 heteroatoms. The zero-order chi connectivity index (χ0) is 18.7. The number of nitrogens with one attached hydrogen (secondary N) is 1. The Morgan fingerprint density at radius 1 is 1.08 bits per heavy atom. The lowest BCUT2D eigenvalue weighted by Gasteiger charge is -2.37. The molecule has 3 rings (SSSR count). The number of hydrogen-bond donors (Lipinski definition) is 1. The van der Waals surface area contributed by atoms with Gasteiger partial charge in [0.15, 0.2) is 0 Å². The van der Waals surface area contributed by atoms with Crippen molar-refractivity contribution < 1.29 is 8.42 Å². The average molecular weight is 400 g/mol. The van der Waals surface area contributed by atoms with Gasteiger partial charge >= 0.3 is 0 Å². The molecular weight excluding hydrogens is 370 g/mol. The maximum Gasteiger partial charge on any atom is 0.279 e. The molecule has 0 saturated carbocycles. The van der Waals surface area contributed by atoms with E-state index in [0.717, 1.165) is 43.9 Å². The third-order valence-electron chi connectivity index (χ3n) is 5.40. The monoisotopic (exact) mass is 399 g/mol. The zero-order valence-electron chi connectivity index (χ0n) is 15.7. The molecule has 2 saturated heterocycles. The molecule has 0 aromatic heterocycles. The highest BCUT2D eigenvalue weighted by Gasteiger charge is 2.32. The van der Waals surface area contributed by atoms with Gasteiger partial charge in [0.1, 0.15) is 0 Å². The van der Waals surface area contributed by atoms with Crippen LogP contribution in [0.15, 0.2) is 24.3 Å². The second-order valence-electron chi connectivity index (χ2n) is 8.06. The number of nitrogens with zero attached hydrogens (tertiary/aromatic N) is 2. The van der Waals surface area contributed by atoms with Crippen molar-refractivity contribution in [3.8, 4) is 0 Å². The van der Waals surface area contributed by atoms with Crippen molar-refractivity contribution >= 4 is 21.8 Å². The molecule has 0 unspecified atom stereocenters. The summed E-state index contributed by atoms with van der Waals surface area (Å²) in [5.41, 5.74) is 1.24. The molecule has 2 aliphatic rings. The Morgan fingerprint density at radius 3 is 2.23 bits per heavy atom. The van der Waals surface area contributed by atoms with Crippen LogP contribution < -0.4 is 4.72 Å². The van der Waals surface area contributed by atoms with Gasteiger partial charge in [-0.05, 0) is 48.8 Å². The summed E-state index contributed by atoms with van der Waals surface area (Å²) in [6.07, 6.45) is 2.81. The fourth-order valence-electron chi connectivity index (χ4n) is 4.14. The molecule has 2 aliphatic heterocycles. The van der Waals surface area contributed by atoms with Crippen LogP contribution in [0.5, 0.6) is 0 Å². The molecule has 2 heterocycles. The Morgan fingerprint density at radius 2 is 1.65 bits per heavy atom. The molecule has 0 radical (unpaired) electrons. The first-order valence-corrected chi connectivity index (χ1v) is 11.4. The Kier molecular flexibility index (Phi) is 6.62. The van der Waals surface area contributed by atoms with Gasteiger partial charge in [0.25, 0.3) is 10.2 Å². The molecular formula is C19H30ClN3O2S. The van der Waals surface area contributed by atoms with Crippen LogP contribution in [0.2, 0.25) is 5.02 Å². The van der Waals surface area contributed by atoms with Gasteiger partial charge in [0.2, 0.25) is 0 Å². The molecule has 1 aromatic carbocycles. The van der Waals surface area contributed by atoms with Crippen molar-refractivity contribution in [2.75, 3.05) is 26.2 Å². The largest absolute Gasteiger partial charge is 0.299 e. The zero-order valence-corrected chi connectivity index (χ0v) is 17.3. The van der Waals surface area contributed by atoms with E-state index in [9.17, 15) is 8.42 Å². The number of hydrogen-bond acceptors (Lipinski definition) is 3. The van der Waals surface area contributed by atoms with Gasteiger partial charge in [-0.15, -0.1) is 0 Å². The normalized spacial score (nSPS) is 26.9. The van der Waals surface area contributed by atoms with Gasteiger partial charge in [-0.3, -0.25) is 4.90 Å². The number of piperidine rings is 2. The Hall–Kier alpha value is -0.660. The van der Waals surface area contributed by atoms with Gasteiger partial charge in [-0.25, -0.2) is 0 Å². The summed E-state index contributed by atoms with van der Waals surface area (Å²) >= 11 is 5.93. The first kappa shape index (κ1) is 20.1. The van der Waals surface area contributed by atoms with Crippen LogP contribution in [0.4, 0.5) is 0 Å². The average Bonchev–Trinajstić information content (AvgIpc) is 2.58. The molecule has 5 nitrogen and oxygen atoms in total. The third kappa shape index (κ3) is 5.42. The topological polar surface area (TPSA) is 52.7 Å². The predicted molar refractivity (Wildman–Crippen MR) is 106 cm³/mol. The molecule has 2 atom stereocenters. The quantitative estimate of drug-likeness (QED) is 0.827. The number of rotatable bonds is 5. The Balaban J connectivity index is 1.49. The minimum atomic E-state index is -3.38. The van der Waals surface area contributed by atoms with Gasteiger partial charge in [0.05, 0.1) is 0 Å². The summed E-state index contributed by atoms with van der Waals surface area (Å²) in [5.74, 6) is 0.855. The lowest BCUT2D eigenvalue weighted by molar-refractivity contribution is 0.193. The van der Waals surface area contributed by atoms with E-state index in [0.29, 0.717) is 24.9 Å². The SMILES string of the molecule is C[C@H]1C[C@H](C)CN(S(=O)(=O)NC2CCN(Cc3ccc(Cl)cc3)CC2)C1. The van der Waals surface area contributed by atoms with Crippen LogP contribution in [0.1, 0.15) is 38.7 Å². The molecule has 0 spiro atoms. The predicted octanol–water partition coefficient (Wildman–Crippen LogP) is 3.12. The van der Waals surface area contributed by atoms with Crippen molar-refractivity contribution in [1.82, 2.24) is 13.9 Å². The van der Waals surface area contributed by atoms with Crippen LogP contribution in [-0.2, 0) is 16.8 Å². The third-order valence-corrected chi connectivity index (χ3v) is 7.26. The number of likely N-dealkylation sites (tertiary alicyclic amines) is 1. The number of benzene rings is 1. The van der Waals surface area contributed by atoms with Gasteiger partial charge in [-0.2, -0.15) is 17.4 Å². The van der Waals surface area contributed by atoms with Gasteiger partial charge < -0.3 is 0 Å². The van der Waals surface area contributed by atoms with Crippen molar-refractivity contribution in [3.63, 3.8) is 0 Å². The summed E-state index contributed by atoms with van der Waals surface area (Å²) in [5, 5.41) is 0.753. The molecule has 0 aliphatic carbocycles. The smallest absolute Gasteiger partial charge is 0.279 e. The highest BCUT2D eigenvalue weighted by Crippen LogP contribution is 2.23. The van der Waals surface area contributed by atoms with Gasteiger partial charge in [-0.1, -0.05) is 37.6 Å². The first-order chi connectivity index (χ1) is 12.3. The first-order valence-electron chi connectivity index (χ1n) is 9.56. The summed E-state index contributed by atoms with van der Waals surface area (Å²) in [6.45, 7) is 8.23. The maximum absolute atomic E-state index is 12.7. The van der Waals surface area contributed by atoms with Gasteiger partial charge in [0, 0.05) is 43.8 Å². The fourth-order valence-corrected chi connectivity index (χ4v) is 5.98. The van der Waals surface area contributed by atoms with E-state index in [4.69, 9.17) is 11.6 Å². The van der Waals surface area contributed by atoms with Crippen LogP contribution in [0, 0.1) is 11.8 Å². The summed E-state index contributed by atoms with van der Waals surface area (Å²) < 4.78 is 30.1. The molecule has 1 aromatic rings. The highest BCUT2D eigenvalue weighted by molar-refractivity contribution is 7.87. The van der Waals surface area contributed by atoms with E-state index in [1.54, 1.807) is 4.31 Å². The summed E-state index contributed by atoms with van der Waals surface area (Å²) in [4.78, 5) is 2.37. The van der Waals surface area contributed by atoms with Crippen LogP contribution >= 0.6 is 11.6 Å². The fraction of sp³-hybridized carbons (Fsp3) is 0.684. The molecule has 26 heavy (non-hydrogen) atoms. The minimum absolute atomic E-state index is 0.0361. The van der Waals surface area contributed by atoms with Crippen molar-refractivity contribution in [2.24, 2.45) is 11.8 Å². The number of halogens is 1. The molecule has 0 bridgehead atoms. The van der Waals surface area contributed by atoms with E-state index >= 15 is 0 Å². The van der Waals surface area contributed by atoms with E-state index < -0.39 is 10.2 Å². The molecule has 0 amide bonds. The second kappa shape index (κ2) is 8.57. The van der Waals surface area contributed by atoms with Crippen molar-refractivity contribution in [2.45, 2.75) is 45.7 Å². The molecule has 1 N–H and O–H groups in total. The standard InChI is InChI=1S/C19H30ClN3O2S/c1-15-11-16(2)13-23(12-15)26(24,25)21-19-7-9-22(10-8-19)14-17-3-5-18(20)6-4-17/h3-6,15-16,19,21H,7-14H2,1-2H3/t15-,16-/m0/s1. The molecule has 2 fully saturated rings. The summed E-state index contributed by atoms with van der Waals surface area (Å²) in [6, 6.07) is 7.97. The lowest BCUT2D eigenvalue weighted by Crippen LogP contribution is -2.52. The van der Waals surface area contributed by atoms with E-state index in [1.165, 1.54) is 5.56 Å². The van der Waals surface area contributed by atoms with Crippen molar-refractivity contribution in [1.29, 1.82) is 0 Å². The van der Waals surface area contributed by atoms with Crippen molar-refractivity contribution in [3.05, 3.63) is 34.9 Å². The summed E-state index contributed by atoms with van der Waals surface area (Å²) in [7, 11) is -3.38. The van der Waals surface area contributed by atoms with E-state index in [-0.39, 0.29) is 6.04 Å². The Labute approximate surface area is 162 Å². The van der Waals surface area contributed by atoms with E-state index in [2.05, 4.69) is 35.6 Å². The van der Waals surface area contributed by atoms with Crippen LogP contribution in [-0.4, -0.2) is 49.8 Å². The van der Waals surface area contributed by atoms with Crippen LogP contribution in [0.3, 0.4) is 0 Å².